The quantitative estimate of drug-likeness (QED) is 0.878. The van der Waals surface area contributed by atoms with E-state index in [1.807, 2.05) is 31.3 Å². The molecule has 2 aromatic rings. The highest BCUT2D eigenvalue weighted by Crippen LogP contribution is 2.29. The first-order valence-electron chi connectivity index (χ1n) is 6.45. The maximum atomic E-state index is 11.0. The molecule has 0 saturated carbocycles. The number of amides is 1. The maximum Gasteiger partial charge on any atom is 0.248 e. The Morgan fingerprint density at radius 3 is 2.40 bits per heavy atom. The van der Waals surface area contributed by atoms with Crippen LogP contribution in [0.15, 0.2) is 48.5 Å². The van der Waals surface area contributed by atoms with Gasteiger partial charge in [-0.25, -0.2) is 0 Å². The molecule has 0 bridgehead atoms. The van der Waals surface area contributed by atoms with Crippen molar-refractivity contribution in [1.82, 2.24) is 5.32 Å². The smallest absolute Gasteiger partial charge is 0.248 e. The van der Waals surface area contributed by atoms with Gasteiger partial charge in [-0.1, -0.05) is 18.2 Å². The largest absolute Gasteiger partial charge is 0.457 e. The highest BCUT2D eigenvalue weighted by Gasteiger charge is 2.10. The molecule has 0 spiro atoms. The summed E-state index contributed by atoms with van der Waals surface area (Å²) in [5.74, 6) is 1.02. The average molecular weight is 270 g/mol. The number of nitrogens with one attached hydrogen (secondary N) is 1. The molecule has 1 atom stereocenters. The Morgan fingerprint density at radius 2 is 1.80 bits per heavy atom. The Bertz CT molecular complexity index is 594. The first-order chi connectivity index (χ1) is 9.61. The van der Waals surface area contributed by atoms with Gasteiger partial charge in [-0.15, -0.1) is 0 Å². The Hall–Kier alpha value is -2.33. The molecule has 0 heterocycles. The van der Waals surface area contributed by atoms with Gasteiger partial charge in [0, 0.05) is 17.2 Å². The van der Waals surface area contributed by atoms with Crippen LogP contribution < -0.4 is 15.8 Å². The molecule has 104 valence electrons. The molecule has 0 radical (unpaired) electrons. The number of carbonyl (C=O) groups excluding carboxylic acids is 1. The summed E-state index contributed by atoms with van der Waals surface area (Å²) in [6.45, 7) is 2.07. The fraction of sp³-hybridized carbons (Fsp3) is 0.188. The second-order valence-corrected chi connectivity index (χ2v) is 4.54. The summed E-state index contributed by atoms with van der Waals surface area (Å²) in [6, 6.07) is 14.8. The third-order valence-electron chi connectivity index (χ3n) is 3.19. The van der Waals surface area contributed by atoms with Gasteiger partial charge in [0.25, 0.3) is 0 Å². The second kappa shape index (κ2) is 6.21. The molecular weight excluding hydrogens is 252 g/mol. The minimum atomic E-state index is -0.444. The van der Waals surface area contributed by atoms with E-state index in [2.05, 4.69) is 12.2 Å². The zero-order chi connectivity index (χ0) is 14.5. The van der Waals surface area contributed by atoms with Gasteiger partial charge in [0.2, 0.25) is 5.91 Å². The average Bonchev–Trinajstić information content (AvgIpc) is 2.47. The van der Waals surface area contributed by atoms with E-state index in [1.165, 1.54) is 0 Å². The van der Waals surface area contributed by atoms with Crippen molar-refractivity contribution in [2.45, 2.75) is 13.0 Å². The van der Waals surface area contributed by atoms with Crippen LogP contribution in [0.1, 0.15) is 28.9 Å². The lowest BCUT2D eigenvalue weighted by Crippen LogP contribution is -2.13. The molecule has 0 aliphatic carbocycles. The molecule has 0 aliphatic heterocycles. The number of ether oxygens (including phenoxy) is 1. The molecule has 20 heavy (non-hydrogen) atoms. The number of para-hydroxylation sites is 1. The molecule has 2 aromatic carbocycles. The SMILES string of the molecule is CNC(C)c1ccccc1Oc1ccc(C(N)=O)cc1. The number of benzene rings is 2. The molecule has 0 aliphatic rings. The van der Waals surface area contributed by atoms with E-state index in [0.717, 1.165) is 11.3 Å². The zero-order valence-corrected chi connectivity index (χ0v) is 11.6. The number of primary amides is 1. The van der Waals surface area contributed by atoms with Crippen molar-refractivity contribution in [2.75, 3.05) is 7.05 Å². The van der Waals surface area contributed by atoms with E-state index in [9.17, 15) is 4.79 Å². The van der Waals surface area contributed by atoms with Gasteiger partial charge in [-0.2, -0.15) is 0 Å². The van der Waals surface area contributed by atoms with E-state index in [4.69, 9.17) is 10.5 Å². The lowest BCUT2D eigenvalue weighted by Gasteiger charge is -2.16. The van der Waals surface area contributed by atoms with E-state index in [1.54, 1.807) is 24.3 Å². The number of nitrogens with two attached hydrogens (primary N) is 1. The fourth-order valence-electron chi connectivity index (χ4n) is 1.90. The molecule has 2 rings (SSSR count). The predicted molar refractivity (Wildman–Crippen MR) is 79.0 cm³/mol. The molecule has 4 heteroatoms. The van der Waals surface area contributed by atoms with Crippen molar-refractivity contribution in [2.24, 2.45) is 5.73 Å². The van der Waals surface area contributed by atoms with E-state index < -0.39 is 5.91 Å². The van der Waals surface area contributed by atoms with E-state index in [-0.39, 0.29) is 6.04 Å². The van der Waals surface area contributed by atoms with Gasteiger partial charge in [-0.05, 0) is 44.3 Å². The van der Waals surface area contributed by atoms with Gasteiger partial charge in [-0.3, -0.25) is 4.79 Å². The van der Waals surface area contributed by atoms with Crippen LogP contribution in [0, 0.1) is 0 Å². The van der Waals surface area contributed by atoms with Crippen LogP contribution in [-0.2, 0) is 0 Å². The normalized spacial score (nSPS) is 11.9. The lowest BCUT2D eigenvalue weighted by molar-refractivity contribution is 0.100. The Morgan fingerprint density at radius 1 is 1.15 bits per heavy atom. The highest BCUT2D eigenvalue weighted by molar-refractivity contribution is 5.92. The Labute approximate surface area is 118 Å². The molecule has 0 aromatic heterocycles. The number of hydrogen-bond acceptors (Lipinski definition) is 3. The number of carbonyl (C=O) groups is 1. The third-order valence-corrected chi connectivity index (χ3v) is 3.19. The van der Waals surface area contributed by atoms with E-state index >= 15 is 0 Å². The third kappa shape index (κ3) is 3.16. The zero-order valence-electron chi connectivity index (χ0n) is 11.6. The summed E-state index contributed by atoms with van der Waals surface area (Å²) in [6.07, 6.45) is 0. The molecule has 3 N–H and O–H groups in total. The van der Waals surface area contributed by atoms with Crippen molar-refractivity contribution in [3.8, 4) is 11.5 Å². The first-order valence-corrected chi connectivity index (χ1v) is 6.45. The van der Waals surface area contributed by atoms with E-state index in [0.29, 0.717) is 11.3 Å². The van der Waals surface area contributed by atoms with Crippen LogP contribution in [0.2, 0.25) is 0 Å². The maximum absolute atomic E-state index is 11.0. The van der Waals surface area contributed by atoms with Crippen LogP contribution in [0.25, 0.3) is 0 Å². The highest BCUT2D eigenvalue weighted by atomic mass is 16.5. The van der Waals surface area contributed by atoms with Crippen molar-refractivity contribution in [3.05, 3.63) is 59.7 Å². The Balaban J connectivity index is 2.23. The summed E-state index contributed by atoms with van der Waals surface area (Å²) >= 11 is 0. The van der Waals surface area contributed by atoms with Crippen molar-refractivity contribution >= 4 is 5.91 Å². The topological polar surface area (TPSA) is 64.3 Å². The van der Waals surface area contributed by atoms with Gasteiger partial charge < -0.3 is 15.8 Å². The van der Waals surface area contributed by atoms with Crippen LogP contribution in [0.4, 0.5) is 0 Å². The molecular formula is C16H18N2O2. The molecule has 0 fully saturated rings. The second-order valence-electron chi connectivity index (χ2n) is 4.54. The van der Waals surface area contributed by atoms with Gasteiger partial charge in [0.15, 0.2) is 0 Å². The van der Waals surface area contributed by atoms with Crippen LogP contribution in [-0.4, -0.2) is 13.0 Å². The minimum Gasteiger partial charge on any atom is -0.457 e. The minimum absolute atomic E-state index is 0.191. The number of rotatable bonds is 5. The van der Waals surface area contributed by atoms with Crippen molar-refractivity contribution in [3.63, 3.8) is 0 Å². The standard InChI is InChI=1S/C16H18N2O2/c1-11(18-2)14-5-3-4-6-15(14)20-13-9-7-12(8-10-13)16(17)19/h3-11,18H,1-2H3,(H2,17,19). The first kappa shape index (κ1) is 14.1. The molecule has 1 amide bonds. The van der Waals surface area contributed by atoms with Gasteiger partial charge >= 0.3 is 0 Å². The Kier molecular flexibility index (Phi) is 4.38. The molecule has 1 unspecified atom stereocenters. The summed E-state index contributed by atoms with van der Waals surface area (Å²) in [5, 5.41) is 3.19. The summed E-state index contributed by atoms with van der Waals surface area (Å²) < 4.78 is 5.88. The monoisotopic (exact) mass is 270 g/mol. The van der Waals surface area contributed by atoms with Crippen LogP contribution >= 0.6 is 0 Å². The van der Waals surface area contributed by atoms with Crippen LogP contribution in [0.5, 0.6) is 11.5 Å². The molecule has 0 saturated heterocycles. The van der Waals surface area contributed by atoms with Gasteiger partial charge in [0.05, 0.1) is 0 Å². The summed E-state index contributed by atoms with van der Waals surface area (Å²) in [5.41, 5.74) is 6.75. The predicted octanol–water partition coefficient (Wildman–Crippen LogP) is 2.86. The van der Waals surface area contributed by atoms with Crippen molar-refractivity contribution in [1.29, 1.82) is 0 Å². The summed E-state index contributed by atoms with van der Waals surface area (Å²) in [7, 11) is 1.91. The lowest BCUT2D eigenvalue weighted by atomic mass is 10.1. The van der Waals surface area contributed by atoms with Crippen molar-refractivity contribution < 1.29 is 9.53 Å². The fourth-order valence-corrected chi connectivity index (χ4v) is 1.90. The summed E-state index contributed by atoms with van der Waals surface area (Å²) in [4.78, 5) is 11.0. The number of hydrogen-bond donors (Lipinski definition) is 2. The van der Waals surface area contributed by atoms with Crippen LogP contribution in [0.3, 0.4) is 0 Å². The van der Waals surface area contributed by atoms with Gasteiger partial charge in [0.1, 0.15) is 11.5 Å². The molecule has 4 nitrogen and oxygen atoms in total.